The van der Waals surface area contributed by atoms with Crippen molar-refractivity contribution >= 4 is 17.2 Å². The first-order chi connectivity index (χ1) is 12.6. The highest BCUT2D eigenvalue weighted by Gasteiger charge is 2.26. The average Bonchev–Trinajstić information content (AvgIpc) is 2.64. The van der Waals surface area contributed by atoms with Crippen LogP contribution in [-0.4, -0.2) is 22.0 Å². The number of anilines is 2. The average molecular weight is 352 g/mol. The zero-order valence-electron chi connectivity index (χ0n) is 14.2. The van der Waals surface area contributed by atoms with Crippen molar-refractivity contribution < 1.29 is 14.4 Å². The summed E-state index contributed by atoms with van der Waals surface area (Å²) >= 11 is 0. The van der Waals surface area contributed by atoms with Crippen molar-refractivity contribution in [2.24, 2.45) is 0 Å². The Morgan fingerprint density at radius 3 is 2.38 bits per heavy atom. The monoisotopic (exact) mass is 352 g/mol. The number of rotatable bonds is 6. The molecule has 0 aliphatic heterocycles. The highest BCUT2D eigenvalue weighted by Crippen LogP contribution is 2.38. The van der Waals surface area contributed by atoms with Gasteiger partial charge in [0.1, 0.15) is 6.33 Å². The van der Waals surface area contributed by atoms with Crippen LogP contribution >= 0.6 is 0 Å². The second-order valence-corrected chi connectivity index (χ2v) is 5.38. The van der Waals surface area contributed by atoms with Crippen molar-refractivity contribution in [3.8, 4) is 17.4 Å². The number of aromatic nitrogens is 2. The summed E-state index contributed by atoms with van der Waals surface area (Å²) in [4.78, 5) is 18.9. The van der Waals surface area contributed by atoms with E-state index in [0.29, 0.717) is 17.2 Å². The lowest BCUT2D eigenvalue weighted by Crippen LogP contribution is -2.04. The zero-order chi connectivity index (χ0) is 18.5. The number of para-hydroxylation sites is 2. The van der Waals surface area contributed by atoms with Crippen LogP contribution in [0.15, 0.2) is 54.9 Å². The van der Waals surface area contributed by atoms with Crippen molar-refractivity contribution in [1.29, 1.82) is 0 Å². The van der Waals surface area contributed by atoms with Crippen LogP contribution in [0.25, 0.3) is 0 Å². The molecule has 0 amide bonds. The van der Waals surface area contributed by atoms with E-state index in [4.69, 9.17) is 9.47 Å². The summed E-state index contributed by atoms with van der Waals surface area (Å²) in [5, 5.41) is 14.5. The van der Waals surface area contributed by atoms with Gasteiger partial charge in [-0.1, -0.05) is 29.8 Å². The highest BCUT2D eigenvalue weighted by molar-refractivity contribution is 5.69. The molecule has 3 aromatic rings. The number of ether oxygens (including phenoxy) is 2. The van der Waals surface area contributed by atoms with Gasteiger partial charge in [-0.15, -0.1) is 0 Å². The standard InChI is InChI=1S/C18H16N4O4/c1-12-7-9-13(10-8-12)21-17-16(22(23)24)18(20-11-19-17)26-15-6-4-3-5-14(15)25-2/h3-11H,1-2H3,(H,19,20,21). The van der Waals surface area contributed by atoms with Crippen LogP contribution in [0.5, 0.6) is 17.4 Å². The Hall–Kier alpha value is -3.68. The fraction of sp³-hybridized carbons (Fsp3) is 0.111. The molecule has 0 atom stereocenters. The van der Waals surface area contributed by atoms with Crippen LogP contribution in [0.2, 0.25) is 0 Å². The predicted molar refractivity (Wildman–Crippen MR) is 96.2 cm³/mol. The third-order valence-electron chi connectivity index (χ3n) is 3.56. The number of hydrogen-bond acceptors (Lipinski definition) is 7. The molecule has 0 unspecified atom stereocenters. The van der Waals surface area contributed by atoms with Crippen LogP contribution in [0, 0.1) is 17.0 Å². The van der Waals surface area contributed by atoms with E-state index in [2.05, 4.69) is 15.3 Å². The van der Waals surface area contributed by atoms with Crippen molar-refractivity contribution in [2.75, 3.05) is 12.4 Å². The van der Waals surface area contributed by atoms with Gasteiger partial charge >= 0.3 is 11.6 Å². The van der Waals surface area contributed by atoms with Gasteiger partial charge in [0.15, 0.2) is 11.5 Å². The van der Waals surface area contributed by atoms with Crippen molar-refractivity contribution in [2.45, 2.75) is 6.92 Å². The van der Waals surface area contributed by atoms with Crippen LogP contribution in [0.4, 0.5) is 17.2 Å². The fourth-order valence-corrected chi connectivity index (χ4v) is 2.27. The highest BCUT2D eigenvalue weighted by atomic mass is 16.6. The topological polar surface area (TPSA) is 99.4 Å². The van der Waals surface area contributed by atoms with E-state index in [1.54, 1.807) is 24.3 Å². The smallest absolute Gasteiger partial charge is 0.373 e. The number of methoxy groups -OCH3 is 1. The number of nitro groups is 1. The van der Waals surface area contributed by atoms with Crippen LogP contribution < -0.4 is 14.8 Å². The van der Waals surface area contributed by atoms with Gasteiger partial charge in [0, 0.05) is 5.69 Å². The minimum atomic E-state index is -0.582. The fourth-order valence-electron chi connectivity index (χ4n) is 2.27. The van der Waals surface area contributed by atoms with Crippen molar-refractivity contribution in [3.63, 3.8) is 0 Å². The quantitative estimate of drug-likeness (QED) is 0.523. The number of aryl methyl sites for hydroxylation is 1. The van der Waals surface area contributed by atoms with Gasteiger partial charge in [0.05, 0.1) is 12.0 Å². The second-order valence-electron chi connectivity index (χ2n) is 5.38. The molecule has 0 saturated carbocycles. The maximum Gasteiger partial charge on any atom is 0.373 e. The molecule has 8 heteroatoms. The SMILES string of the molecule is COc1ccccc1Oc1ncnc(Nc2ccc(C)cc2)c1[N+](=O)[O-]. The molecule has 0 bridgehead atoms. The molecular formula is C18H16N4O4. The van der Waals surface area contributed by atoms with E-state index in [1.165, 1.54) is 13.4 Å². The Kier molecular flexibility index (Phi) is 4.93. The first-order valence-corrected chi connectivity index (χ1v) is 7.72. The number of nitrogens with one attached hydrogen (secondary N) is 1. The minimum absolute atomic E-state index is 0.0405. The van der Waals surface area contributed by atoms with Gasteiger partial charge in [-0.25, -0.2) is 4.98 Å². The molecule has 0 saturated heterocycles. The summed E-state index contributed by atoms with van der Waals surface area (Å²) in [7, 11) is 1.49. The Balaban J connectivity index is 1.98. The Morgan fingerprint density at radius 2 is 1.73 bits per heavy atom. The molecule has 0 radical (unpaired) electrons. The first-order valence-electron chi connectivity index (χ1n) is 7.72. The molecule has 2 aromatic carbocycles. The van der Waals surface area contributed by atoms with E-state index in [-0.39, 0.29) is 17.4 Å². The third kappa shape index (κ3) is 3.69. The third-order valence-corrected chi connectivity index (χ3v) is 3.56. The molecule has 1 aromatic heterocycles. The zero-order valence-corrected chi connectivity index (χ0v) is 14.2. The van der Waals surface area contributed by atoms with Gasteiger partial charge in [0.25, 0.3) is 0 Å². The number of nitrogens with zero attached hydrogens (tertiary/aromatic N) is 3. The molecule has 1 N–H and O–H groups in total. The van der Waals surface area contributed by atoms with E-state index >= 15 is 0 Å². The number of benzene rings is 2. The van der Waals surface area contributed by atoms with E-state index in [0.717, 1.165) is 5.56 Å². The summed E-state index contributed by atoms with van der Waals surface area (Å²) in [5.74, 6) is 0.620. The molecular weight excluding hydrogens is 336 g/mol. The maximum absolute atomic E-state index is 11.6. The molecule has 0 spiro atoms. The van der Waals surface area contributed by atoms with Crippen LogP contribution in [0.3, 0.4) is 0 Å². The summed E-state index contributed by atoms with van der Waals surface area (Å²) in [6.45, 7) is 1.95. The molecule has 0 aliphatic carbocycles. The molecule has 8 nitrogen and oxygen atoms in total. The summed E-state index contributed by atoms with van der Waals surface area (Å²) in [5.41, 5.74) is 1.38. The van der Waals surface area contributed by atoms with Gasteiger partial charge < -0.3 is 14.8 Å². The largest absolute Gasteiger partial charge is 0.493 e. The minimum Gasteiger partial charge on any atom is -0.493 e. The van der Waals surface area contributed by atoms with Crippen LogP contribution in [-0.2, 0) is 0 Å². The Labute approximate surface area is 149 Å². The van der Waals surface area contributed by atoms with Crippen LogP contribution in [0.1, 0.15) is 5.56 Å². The lowest BCUT2D eigenvalue weighted by Gasteiger charge is -2.11. The van der Waals surface area contributed by atoms with E-state index in [9.17, 15) is 10.1 Å². The van der Waals surface area contributed by atoms with Crippen molar-refractivity contribution in [3.05, 3.63) is 70.5 Å². The maximum atomic E-state index is 11.6. The molecule has 26 heavy (non-hydrogen) atoms. The Morgan fingerprint density at radius 1 is 1.04 bits per heavy atom. The van der Waals surface area contributed by atoms with Gasteiger partial charge in [-0.05, 0) is 31.2 Å². The normalized spacial score (nSPS) is 10.2. The van der Waals surface area contributed by atoms with Gasteiger partial charge in [0.2, 0.25) is 5.82 Å². The lowest BCUT2D eigenvalue weighted by atomic mass is 10.2. The van der Waals surface area contributed by atoms with E-state index in [1.807, 2.05) is 31.2 Å². The second kappa shape index (κ2) is 7.47. The lowest BCUT2D eigenvalue weighted by molar-refractivity contribution is -0.385. The summed E-state index contributed by atoms with van der Waals surface area (Å²) in [6.07, 6.45) is 1.20. The molecule has 132 valence electrons. The molecule has 1 heterocycles. The predicted octanol–water partition coefficient (Wildman–Crippen LogP) is 4.24. The Bertz CT molecular complexity index is 929. The van der Waals surface area contributed by atoms with Gasteiger partial charge in [-0.2, -0.15) is 4.98 Å². The first kappa shape index (κ1) is 17.2. The van der Waals surface area contributed by atoms with Gasteiger partial charge in [-0.3, -0.25) is 10.1 Å². The summed E-state index contributed by atoms with van der Waals surface area (Å²) in [6, 6.07) is 14.2. The van der Waals surface area contributed by atoms with Crippen molar-refractivity contribution in [1.82, 2.24) is 9.97 Å². The van der Waals surface area contributed by atoms with E-state index < -0.39 is 4.92 Å². The number of hydrogen-bond donors (Lipinski definition) is 1. The molecule has 0 fully saturated rings. The molecule has 3 rings (SSSR count). The summed E-state index contributed by atoms with van der Waals surface area (Å²) < 4.78 is 10.8. The molecule has 0 aliphatic rings.